The summed E-state index contributed by atoms with van der Waals surface area (Å²) in [6.45, 7) is 2.89. The fraction of sp³-hybridized carbons (Fsp3) is 0.136. The Labute approximate surface area is 138 Å². The first-order valence-corrected chi connectivity index (χ1v) is 8.03. The van der Waals surface area contributed by atoms with Gasteiger partial charge in [-0.05, 0) is 35.6 Å². The summed E-state index contributed by atoms with van der Waals surface area (Å²) in [5.41, 5.74) is 6.25. The lowest BCUT2D eigenvalue weighted by Gasteiger charge is -2.13. The van der Waals surface area contributed by atoms with Gasteiger partial charge < -0.3 is 0 Å². The molecule has 0 bridgehead atoms. The SMILES string of the molecule is C/C1=C\C/C=C\C=C/CN=Cc2ccccc2-c2ccccc21. The third kappa shape index (κ3) is 3.75. The number of benzene rings is 2. The molecule has 0 unspecified atom stereocenters. The maximum absolute atomic E-state index is 4.53. The highest BCUT2D eigenvalue weighted by Crippen LogP contribution is 2.31. The molecule has 3 rings (SSSR count). The second-order valence-corrected chi connectivity index (χ2v) is 5.61. The van der Waals surface area contributed by atoms with E-state index in [9.17, 15) is 0 Å². The minimum Gasteiger partial charge on any atom is -0.288 e. The Bertz CT molecular complexity index is 791. The van der Waals surface area contributed by atoms with Gasteiger partial charge in [0.15, 0.2) is 0 Å². The van der Waals surface area contributed by atoms with Crippen molar-refractivity contribution in [3.05, 3.63) is 90.0 Å². The summed E-state index contributed by atoms with van der Waals surface area (Å²) in [4.78, 5) is 4.53. The lowest BCUT2D eigenvalue weighted by atomic mass is 9.92. The van der Waals surface area contributed by atoms with Gasteiger partial charge in [-0.2, -0.15) is 0 Å². The van der Waals surface area contributed by atoms with E-state index >= 15 is 0 Å². The number of nitrogens with zero attached hydrogens (tertiary/aromatic N) is 1. The van der Waals surface area contributed by atoms with E-state index in [1.54, 1.807) is 0 Å². The Hall–Kier alpha value is -2.67. The highest BCUT2D eigenvalue weighted by atomic mass is 14.7. The number of hydrogen-bond donors (Lipinski definition) is 0. The van der Waals surface area contributed by atoms with Gasteiger partial charge in [0.2, 0.25) is 0 Å². The lowest BCUT2D eigenvalue weighted by molar-refractivity contribution is 1.25. The zero-order valence-corrected chi connectivity index (χ0v) is 13.4. The first-order valence-electron chi connectivity index (χ1n) is 8.03. The van der Waals surface area contributed by atoms with Crippen molar-refractivity contribution in [1.29, 1.82) is 0 Å². The summed E-state index contributed by atoms with van der Waals surface area (Å²) in [6.07, 6.45) is 13.6. The van der Waals surface area contributed by atoms with E-state index in [2.05, 4.69) is 90.8 Å². The molecule has 0 saturated carbocycles. The van der Waals surface area contributed by atoms with E-state index in [-0.39, 0.29) is 0 Å². The van der Waals surface area contributed by atoms with Crippen LogP contribution in [-0.4, -0.2) is 12.8 Å². The highest BCUT2D eigenvalue weighted by molar-refractivity contribution is 5.93. The average Bonchev–Trinajstić information content (AvgIpc) is 2.60. The summed E-state index contributed by atoms with van der Waals surface area (Å²) < 4.78 is 0. The summed E-state index contributed by atoms with van der Waals surface area (Å²) in [5, 5.41) is 0. The number of fused-ring (bicyclic) bond motifs is 3. The fourth-order valence-electron chi connectivity index (χ4n) is 2.78. The zero-order valence-electron chi connectivity index (χ0n) is 13.4. The fourth-order valence-corrected chi connectivity index (χ4v) is 2.78. The largest absolute Gasteiger partial charge is 0.288 e. The lowest BCUT2D eigenvalue weighted by Crippen LogP contribution is -1.93. The quantitative estimate of drug-likeness (QED) is 0.592. The molecule has 2 aromatic carbocycles. The predicted octanol–water partition coefficient (Wildman–Crippen LogP) is 5.69. The van der Waals surface area contributed by atoms with Crippen molar-refractivity contribution < 1.29 is 0 Å². The van der Waals surface area contributed by atoms with Crippen LogP contribution in [0.2, 0.25) is 0 Å². The van der Waals surface area contributed by atoms with E-state index in [1.807, 2.05) is 6.21 Å². The summed E-state index contributed by atoms with van der Waals surface area (Å²) in [6, 6.07) is 17.1. The first kappa shape index (κ1) is 15.2. The molecule has 0 aromatic heterocycles. The van der Waals surface area contributed by atoms with Crippen LogP contribution in [0.4, 0.5) is 0 Å². The molecule has 23 heavy (non-hydrogen) atoms. The standard InChI is InChI=1S/C22H21N/c1-18-11-5-3-2-4-10-16-23-17-19-12-6-7-14-21(19)22-15-9-8-13-20(18)22/h2-4,6-15,17H,5,16H2,1H3/b3-2-,10-4-,18-11+,23-17?. The van der Waals surface area contributed by atoms with Crippen LogP contribution >= 0.6 is 0 Å². The summed E-state index contributed by atoms with van der Waals surface area (Å²) in [7, 11) is 0. The summed E-state index contributed by atoms with van der Waals surface area (Å²) >= 11 is 0. The van der Waals surface area contributed by atoms with E-state index in [0.717, 1.165) is 12.0 Å². The molecule has 0 spiro atoms. The van der Waals surface area contributed by atoms with Crippen LogP contribution in [0.25, 0.3) is 16.7 Å². The van der Waals surface area contributed by atoms with E-state index in [1.165, 1.54) is 22.3 Å². The molecule has 1 heterocycles. The van der Waals surface area contributed by atoms with Gasteiger partial charge in [-0.3, -0.25) is 4.99 Å². The van der Waals surface area contributed by atoms with Gasteiger partial charge in [-0.25, -0.2) is 0 Å². The van der Waals surface area contributed by atoms with Crippen LogP contribution in [0.5, 0.6) is 0 Å². The van der Waals surface area contributed by atoms with Gasteiger partial charge in [0, 0.05) is 11.8 Å². The van der Waals surface area contributed by atoms with Crippen molar-refractivity contribution in [2.75, 3.05) is 6.54 Å². The molecule has 1 heteroatoms. The molecule has 1 aliphatic heterocycles. The van der Waals surface area contributed by atoms with Crippen LogP contribution in [-0.2, 0) is 0 Å². The van der Waals surface area contributed by atoms with Gasteiger partial charge in [-0.15, -0.1) is 0 Å². The third-order valence-corrected chi connectivity index (χ3v) is 3.99. The molecule has 1 nitrogen and oxygen atoms in total. The third-order valence-electron chi connectivity index (χ3n) is 3.99. The van der Waals surface area contributed by atoms with Crippen LogP contribution in [0.3, 0.4) is 0 Å². The second-order valence-electron chi connectivity index (χ2n) is 5.61. The molecular weight excluding hydrogens is 278 g/mol. The Morgan fingerprint density at radius 1 is 0.783 bits per heavy atom. The van der Waals surface area contributed by atoms with Gasteiger partial charge in [0.1, 0.15) is 0 Å². The number of rotatable bonds is 0. The van der Waals surface area contributed by atoms with Crippen molar-refractivity contribution in [3.63, 3.8) is 0 Å². The van der Waals surface area contributed by atoms with Gasteiger partial charge in [-0.1, -0.05) is 78.9 Å². The van der Waals surface area contributed by atoms with Gasteiger partial charge >= 0.3 is 0 Å². The number of aliphatic imine (C=N–C) groups is 1. The molecule has 0 N–H and O–H groups in total. The van der Waals surface area contributed by atoms with Crippen LogP contribution in [0.1, 0.15) is 24.5 Å². The molecule has 0 atom stereocenters. The molecule has 1 aliphatic rings. The minimum atomic E-state index is 0.704. The van der Waals surface area contributed by atoms with Crippen molar-refractivity contribution >= 4 is 11.8 Å². The van der Waals surface area contributed by atoms with Crippen LogP contribution in [0, 0.1) is 0 Å². The predicted molar refractivity (Wildman–Crippen MR) is 101 cm³/mol. The smallest absolute Gasteiger partial charge is 0.0573 e. The molecule has 0 saturated heterocycles. The minimum absolute atomic E-state index is 0.704. The van der Waals surface area contributed by atoms with E-state index < -0.39 is 0 Å². The first-order chi connectivity index (χ1) is 11.4. The second kappa shape index (κ2) is 7.55. The van der Waals surface area contributed by atoms with Crippen molar-refractivity contribution in [1.82, 2.24) is 0 Å². The maximum Gasteiger partial charge on any atom is 0.0573 e. The highest BCUT2D eigenvalue weighted by Gasteiger charge is 2.09. The topological polar surface area (TPSA) is 12.4 Å². The molecule has 2 aromatic rings. The monoisotopic (exact) mass is 299 g/mol. The van der Waals surface area contributed by atoms with Crippen molar-refractivity contribution in [2.45, 2.75) is 13.3 Å². The Morgan fingerprint density at radius 2 is 1.48 bits per heavy atom. The molecule has 0 amide bonds. The van der Waals surface area contributed by atoms with E-state index in [0.29, 0.717) is 6.54 Å². The Kier molecular flexibility index (Phi) is 5.00. The number of allylic oxidation sites excluding steroid dienone is 5. The maximum atomic E-state index is 4.53. The number of hydrogen-bond acceptors (Lipinski definition) is 1. The van der Waals surface area contributed by atoms with Crippen LogP contribution < -0.4 is 0 Å². The van der Waals surface area contributed by atoms with Gasteiger partial charge in [0.25, 0.3) is 0 Å². The average molecular weight is 299 g/mol. The Balaban J connectivity index is 2.17. The van der Waals surface area contributed by atoms with E-state index in [4.69, 9.17) is 0 Å². The Morgan fingerprint density at radius 3 is 2.35 bits per heavy atom. The van der Waals surface area contributed by atoms with Crippen LogP contribution in [0.15, 0.2) is 83.9 Å². The van der Waals surface area contributed by atoms with Gasteiger partial charge in [0.05, 0.1) is 6.54 Å². The summed E-state index contributed by atoms with van der Waals surface area (Å²) in [5.74, 6) is 0. The molecule has 0 fully saturated rings. The van der Waals surface area contributed by atoms with Crippen molar-refractivity contribution in [2.24, 2.45) is 4.99 Å². The molecule has 0 radical (unpaired) electrons. The molecule has 0 aliphatic carbocycles. The zero-order chi connectivity index (χ0) is 15.9. The van der Waals surface area contributed by atoms with Crippen molar-refractivity contribution in [3.8, 4) is 11.1 Å². The molecular formula is C22H21N. The normalized spacial score (nSPS) is 19.6. The molecule has 114 valence electrons.